The minimum absolute atomic E-state index is 0.0229. The van der Waals surface area contributed by atoms with Crippen LogP contribution in [-0.4, -0.2) is 45.8 Å². The highest BCUT2D eigenvalue weighted by Gasteiger charge is 2.54. The van der Waals surface area contributed by atoms with Crippen molar-refractivity contribution >= 4 is 34.0 Å². The molecular weight excluding hydrogens is 606 g/mol. The number of rotatable bonds is 7. The van der Waals surface area contributed by atoms with Crippen molar-refractivity contribution in [2.75, 3.05) is 6.54 Å². The summed E-state index contributed by atoms with van der Waals surface area (Å²) in [6.07, 6.45) is 5.00. The number of fused-ring (bicyclic) bond motifs is 3. The molecule has 0 spiro atoms. The molecule has 2 fully saturated rings. The number of ether oxygens (including phenoxy) is 2. The zero-order chi connectivity index (χ0) is 32.1. The van der Waals surface area contributed by atoms with Gasteiger partial charge in [0.05, 0.1) is 41.0 Å². The molecule has 2 aliphatic heterocycles. The fourth-order valence-corrected chi connectivity index (χ4v) is 7.63. The minimum Gasteiger partial charge on any atom is -0.344 e. The zero-order valence-electron chi connectivity index (χ0n) is 26.9. The van der Waals surface area contributed by atoms with Crippen molar-refractivity contribution in [1.29, 1.82) is 0 Å². The lowest BCUT2D eigenvalue weighted by atomic mass is 9.95. The Bertz CT molecular complexity index is 2050. The topological polar surface area (TPSA) is 73.4 Å². The second-order valence-electron chi connectivity index (χ2n) is 13.4. The Hall–Kier alpha value is -4.17. The lowest BCUT2D eigenvalue weighted by Gasteiger charge is -2.24. The van der Waals surface area contributed by atoms with Crippen molar-refractivity contribution in [3.63, 3.8) is 0 Å². The van der Waals surface area contributed by atoms with E-state index in [9.17, 15) is 0 Å². The van der Waals surface area contributed by atoms with E-state index in [4.69, 9.17) is 41.0 Å². The van der Waals surface area contributed by atoms with E-state index < -0.39 is 5.79 Å². The summed E-state index contributed by atoms with van der Waals surface area (Å²) in [5, 5.41) is 2.50. The van der Waals surface area contributed by atoms with E-state index in [1.165, 1.54) is 5.56 Å². The molecule has 5 atom stereocenters. The van der Waals surface area contributed by atoms with Gasteiger partial charge in [-0.15, -0.1) is 0 Å². The number of aryl methyl sites for hydroxylation is 1. The molecule has 4 heterocycles. The van der Waals surface area contributed by atoms with Gasteiger partial charge in [0.2, 0.25) is 0 Å². The predicted octanol–water partition coefficient (Wildman–Crippen LogP) is 7.21. The van der Waals surface area contributed by atoms with Gasteiger partial charge in [0, 0.05) is 22.7 Å². The van der Waals surface area contributed by atoms with Crippen molar-refractivity contribution in [1.82, 2.24) is 9.55 Å². The molecule has 8 rings (SSSR count). The van der Waals surface area contributed by atoms with Crippen LogP contribution in [0.5, 0.6) is 0 Å². The highest BCUT2D eigenvalue weighted by Crippen LogP contribution is 2.48. The number of halogens is 1. The minimum atomic E-state index is -0.614. The molecule has 238 valence electrons. The van der Waals surface area contributed by atoms with Gasteiger partial charge >= 0.3 is 0 Å². The monoisotopic (exact) mass is 643 g/mol. The van der Waals surface area contributed by atoms with E-state index in [1.807, 2.05) is 56.3 Å². The summed E-state index contributed by atoms with van der Waals surface area (Å²) in [5.41, 5.74) is 5.95. The van der Waals surface area contributed by atoms with Crippen LogP contribution in [0.2, 0.25) is 5.02 Å². The van der Waals surface area contributed by atoms with Crippen LogP contribution >= 0.6 is 11.6 Å². The van der Waals surface area contributed by atoms with Crippen LogP contribution in [0.4, 0.5) is 5.82 Å². The van der Waals surface area contributed by atoms with E-state index in [0.29, 0.717) is 16.8 Å². The Morgan fingerprint density at radius 1 is 0.936 bits per heavy atom. The normalized spacial score (nSPS) is 24.3. The van der Waals surface area contributed by atoms with Gasteiger partial charge in [-0.3, -0.25) is 9.98 Å². The average Bonchev–Trinajstić information content (AvgIpc) is 3.73. The number of nitrogens with zero attached hydrogens (tertiary/aromatic N) is 5. The van der Waals surface area contributed by atoms with E-state index >= 15 is 0 Å². The maximum Gasteiger partial charge on any atom is 0.172 e. The van der Waals surface area contributed by atoms with Crippen molar-refractivity contribution in [2.24, 2.45) is 20.9 Å². The number of pyridine rings is 1. The highest BCUT2D eigenvalue weighted by molar-refractivity contribution is 6.33. The molecule has 0 amide bonds. The van der Waals surface area contributed by atoms with Crippen LogP contribution in [0.1, 0.15) is 56.3 Å². The predicted molar refractivity (Wildman–Crippen MR) is 185 cm³/mol. The van der Waals surface area contributed by atoms with Gasteiger partial charge in [-0.05, 0) is 69.7 Å². The molecule has 3 aromatic carbocycles. The molecule has 1 aliphatic carbocycles. The Labute approximate surface area is 279 Å². The first-order chi connectivity index (χ1) is 22.8. The van der Waals surface area contributed by atoms with E-state index in [-0.39, 0.29) is 24.3 Å². The Morgan fingerprint density at radius 3 is 2.40 bits per heavy atom. The average molecular weight is 644 g/mol. The van der Waals surface area contributed by atoms with E-state index in [0.717, 1.165) is 64.4 Å². The summed E-state index contributed by atoms with van der Waals surface area (Å²) >= 11 is 6.78. The van der Waals surface area contributed by atoms with Gasteiger partial charge in [0.25, 0.3) is 0 Å². The second kappa shape index (κ2) is 12.1. The zero-order valence-corrected chi connectivity index (χ0v) is 27.6. The molecule has 1 saturated heterocycles. The van der Waals surface area contributed by atoms with Crippen LogP contribution in [-0.2, 0) is 15.9 Å². The first-order valence-electron chi connectivity index (χ1n) is 16.5. The third-order valence-electron chi connectivity index (χ3n) is 9.57. The number of hydrogen-bond donors (Lipinski definition) is 0. The molecule has 2 aromatic heterocycles. The molecule has 1 unspecified atom stereocenters. The molecule has 3 aliphatic rings. The summed E-state index contributed by atoms with van der Waals surface area (Å²) in [6, 6.07) is 31.3. The summed E-state index contributed by atoms with van der Waals surface area (Å²) in [5.74, 6) is 0.245. The van der Waals surface area contributed by atoms with Crippen molar-refractivity contribution < 1.29 is 9.47 Å². The molecule has 47 heavy (non-hydrogen) atoms. The summed E-state index contributed by atoms with van der Waals surface area (Å²) < 4.78 is 15.4. The van der Waals surface area contributed by atoms with E-state index in [2.05, 4.69) is 66.2 Å². The largest absolute Gasteiger partial charge is 0.344 e. The Balaban J connectivity index is 1.07. The van der Waals surface area contributed by atoms with Crippen molar-refractivity contribution in [3.8, 4) is 0 Å². The van der Waals surface area contributed by atoms with Crippen LogP contribution in [0.25, 0.3) is 10.9 Å². The summed E-state index contributed by atoms with van der Waals surface area (Å²) in [4.78, 5) is 19.7. The standard InChI is InChI=1S/C39H38ClN5O2/c1-24-23-41-38-31(42-24)18-19-45(38)33-22-29(35-36(33)47-39(2,3)46-35)17-15-25-14-16-28-21-30(40)37(43-32(28)20-25)44-34(26-10-6-4-7-11-26)27-12-8-5-9-13-27/h4-14,16,18-21,24,29,33,35-36H,15,17,22-23H2,1-3H3/t24?,29-,33+,35+,36-/m0/s1. The van der Waals surface area contributed by atoms with Crippen LogP contribution in [0, 0.1) is 5.92 Å². The number of hydrogen-bond acceptors (Lipinski definition) is 6. The maximum absolute atomic E-state index is 6.78. The molecule has 7 nitrogen and oxygen atoms in total. The fourth-order valence-electron chi connectivity index (χ4n) is 7.42. The summed E-state index contributed by atoms with van der Waals surface area (Å²) in [7, 11) is 0. The van der Waals surface area contributed by atoms with Crippen LogP contribution in [0.3, 0.4) is 0 Å². The molecule has 1 saturated carbocycles. The molecule has 5 aromatic rings. The van der Waals surface area contributed by atoms with Gasteiger partial charge in [0.1, 0.15) is 11.5 Å². The van der Waals surface area contributed by atoms with Gasteiger partial charge in [-0.1, -0.05) is 84.4 Å². The number of aliphatic imine (C=N–C) groups is 1. The van der Waals surface area contributed by atoms with Gasteiger partial charge < -0.3 is 14.0 Å². The lowest BCUT2D eigenvalue weighted by molar-refractivity contribution is -0.160. The van der Waals surface area contributed by atoms with Crippen LogP contribution in [0.15, 0.2) is 112 Å². The molecule has 0 radical (unpaired) electrons. The van der Waals surface area contributed by atoms with Gasteiger partial charge in [-0.25, -0.2) is 9.98 Å². The quantitative estimate of drug-likeness (QED) is 0.176. The highest BCUT2D eigenvalue weighted by atomic mass is 35.5. The number of aromatic nitrogens is 2. The van der Waals surface area contributed by atoms with Crippen molar-refractivity contribution in [3.05, 3.63) is 130 Å². The third-order valence-corrected chi connectivity index (χ3v) is 9.85. The SMILES string of the molecule is CC1CN=c2c(ccn2[C@@H]2C[C@H](CCc3ccc4cc(Cl)c(N=C(c5ccccc5)c5ccccc5)nc4c3)[C@H]3OC(C)(C)O[C@H]32)=N1. The first kappa shape index (κ1) is 30.2. The molecule has 0 N–H and O–H groups in total. The Morgan fingerprint density at radius 2 is 1.66 bits per heavy atom. The van der Waals surface area contributed by atoms with Crippen LogP contribution < -0.4 is 10.8 Å². The Kier molecular flexibility index (Phi) is 7.79. The molecule has 8 heteroatoms. The molecular formula is C39H38ClN5O2. The van der Waals surface area contributed by atoms with Gasteiger partial charge in [0.15, 0.2) is 17.1 Å². The second-order valence-corrected chi connectivity index (χ2v) is 13.8. The maximum atomic E-state index is 6.78. The van der Waals surface area contributed by atoms with E-state index in [1.54, 1.807) is 0 Å². The molecule has 0 bridgehead atoms. The summed E-state index contributed by atoms with van der Waals surface area (Å²) in [6.45, 7) is 6.87. The first-order valence-corrected chi connectivity index (χ1v) is 16.9. The smallest absolute Gasteiger partial charge is 0.172 e. The lowest BCUT2D eigenvalue weighted by Crippen LogP contribution is -2.39. The fraction of sp³-hybridized carbons (Fsp3) is 0.333. The number of benzene rings is 3. The third kappa shape index (κ3) is 5.93. The van der Waals surface area contributed by atoms with Crippen molar-refractivity contribution in [2.45, 2.75) is 70.1 Å². The van der Waals surface area contributed by atoms with Gasteiger partial charge in [-0.2, -0.15) is 0 Å².